The summed E-state index contributed by atoms with van der Waals surface area (Å²) in [5.74, 6) is -0.227. The number of amides is 1. The highest BCUT2D eigenvalue weighted by atomic mass is 16.1. The van der Waals surface area contributed by atoms with Gasteiger partial charge in [-0.2, -0.15) is 0 Å². The van der Waals surface area contributed by atoms with E-state index in [1.54, 1.807) is 0 Å². The number of hydrogen-bond donors (Lipinski definition) is 1. The fourth-order valence-electron chi connectivity index (χ4n) is 1.43. The molecule has 2 N–H and O–H groups in total. The Morgan fingerprint density at radius 3 is 3.00 bits per heavy atom. The van der Waals surface area contributed by atoms with Gasteiger partial charge in [-0.05, 0) is 32.9 Å². The lowest BCUT2D eigenvalue weighted by Gasteiger charge is -2.21. The van der Waals surface area contributed by atoms with E-state index in [-0.39, 0.29) is 11.9 Å². The van der Waals surface area contributed by atoms with Crippen molar-refractivity contribution < 1.29 is 4.79 Å². The molecule has 0 spiro atoms. The molecule has 1 amide bonds. The van der Waals surface area contributed by atoms with Crippen molar-refractivity contribution in [3.63, 3.8) is 0 Å². The van der Waals surface area contributed by atoms with Gasteiger partial charge in [-0.15, -0.1) is 0 Å². The molecule has 1 heterocycles. The van der Waals surface area contributed by atoms with Crippen LogP contribution in [-0.2, 0) is 4.79 Å². The number of hydrogen-bond acceptors (Lipinski definition) is 2. The van der Waals surface area contributed by atoms with Crippen LogP contribution in [0.3, 0.4) is 0 Å². The van der Waals surface area contributed by atoms with Gasteiger partial charge in [0.2, 0.25) is 5.91 Å². The molecule has 1 rings (SSSR count). The third-order valence-electron chi connectivity index (χ3n) is 2.12. The minimum Gasteiger partial charge on any atom is -0.368 e. The molecule has 0 bridgehead atoms. The molecule has 0 aromatic rings. The van der Waals surface area contributed by atoms with Crippen molar-refractivity contribution in [2.24, 2.45) is 5.73 Å². The SMILES string of the molecule is CN1CCCC[CH]C1C(N)=O. The number of carbonyl (C=O) groups is 1. The van der Waals surface area contributed by atoms with Crippen molar-refractivity contribution in [1.82, 2.24) is 4.90 Å². The molecule has 3 nitrogen and oxygen atoms in total. The van der Waals surface area contributed by atoms with Crippen LogP contribution in [0.15, 0.2) is 0 Å². The molecular formula is C8H15N2O. The van der Waals surface area contributed by atoms with E-state index in [1.807, 2.05) is 18.4 Å². The highest BCUT2D eigenvalue weighted by molar-refractivity contribution is 5.81. The Morgan fingerprint density at radius 1 is 1.64 bits per heavy atom. The lowest BCUT2D eigenvalue weighted by Crippen LogP contribution is -2.42. The zero-order chi connectivity index (χ0) is 8.27. The van der Waals surface area contributed by atoms with Crippen molar-refractivity contribution in [2.75, 3.05) is 13.6 Å². The number of nitrogens with zero attached hydrogens (tertiary/aromatic N) is 1. The van der Waals surface area contributed by atoms with E-state index in [2.05, 4.69) is 0 Å². The van der Waals surface area contributed by atoms with Gasteiger partial charge in [-0.25, -0.2) is 0 Å². The smallest absolute Gasteiger partial charge is 0.235 e. The Hall–Kier alpha value is -0.570. The number of rotatable bonds is 1. The molecule has 0 aromatic heterocycles. The lowest BCUT2D eigenvalue weighted by molar-refractivity contribution is -0.121. The number of primary amides is 1. The Balaban J connectivity index is 2.52. The fourth-order valence-corrected chi connectivity index (χ4v) is 1.43. The van der Waals surface area contributed by atoms with E-state index < -0.39 is 0 Å². The molecule has 1 aliphatic rings. The zero-order valence-corrected chi connectivity index (χ0v) is 6.92. The molecule has 0 saturated carbocycles. The molecule has 63 valence electrons. The summed E-state index contributed by atoms with van der Waals surface area (Å²) in [4.78, 5) is 12.9. The summed E-state index contributed by atoms with van der Waals surface area (Å²) in [5.41, 5.74) is 5.22. The van der Waals surface area contributed by atoms with E-state index >= 15 is 0 Å². The second-order valence-electron chi connectivity index (χ2n) is 3.06. The normalized spacial score (nSPS) is 27.9. The van der Waals surface area contributed by atoms with Crippen molar-refractivity contribution >= 4 is 5.91 Å². The van der Waals surface area contributed by atoms with Gasteiger partial charge in [0, 0.05) is 0 Å². The maximum atomic E-state index is 10.9. The van der Waals surface area contributed by atoms with Gasteiger partial charge in [0.05, 0.1) is 6.04 Å². The van der Waals surface area contributed by atoms with Crippen molar-refractivity contribution in [2.45, 2.75) is 25.3 Å². The van der Waals surface area contributed by atoms with Crippen LogP contribution < -0.4 is 5.73 Å². The Labute approximate surface area is 67.5 Å². The first-order valence-electron chi connectivity index (χ1n) is 4.04. The van der Waals surface area contributed by atoms with Gasteiger partial charge >= 0.3 is 0 Å². The van der Waals surface area contributed by atoms with Crippen molar-refractivity contribution in [1.29, 1.82) is 0 Å². The first-order chi connectivity index (χ1) is 5.22. The maximum absolute atomic E-state index is 10.9. The summed E-state index contributed by atoms with van der Waals surface area (Å²) in [6.45, 7) is 0.976. The molecule has 1 aliphatic heterocycles. The molecule has 1 saturated heterocycles. The van der Waals surface area contributed by atoms with Gasteiger partial charge < -0.3 is 5.73 Å². The Morgan fingerprint density at radius 2 is 2.36 bits per heavy atom. The van der Waals surface area contributed by atoms with Crippen LogP contribution in [0.2, 0.25) is 0 Å². The van der Waals surface area contributed by atoms with Crippen LogP contribution in [0.25, 0.3) is 0 Å². The van der Waals surface area contributed by atoms with E-state index in [0.29, 0.717) is 0 Å². The largest absolute Gasteiger partial charge is 0.368 e. The first kappa shape index (κ1) is 8.53. The average molecular weight is 155 g/mol. The zero-order valence-electron chi connectivity index (χ0n) is 6.92. The molecule has 1 fully saturated rings. The number of likely N-dealkylation sites (tertiary alicyclic amines) is 1. The third-order valence-corrected chi connectivity index (χ3v) is 2.12. The van der Waals surface area contributed by atoms with Gasteiger partial charge in [0.15, 0.2) is 0 Å². The maximum Gasteiger partial charge on any atom is 0.235 e. The van der Waals surface area contributed by atoms with Crippen LogP contribution in [0.5, 0.6) is 0 Å². The monoisotopic (exact) mass is 155 g/mol. The van der Waals surface area contributed by atoms with Gasteiger partial charge in [-0.3, -0.25) is 9.69 Å². The second-order valence-corrected chi connectivity index (χ2v) is 3.06. The van der Waals surface area contributed by atoms with Crippen LogP contribution in [0, 0.1) is 6.42 Å². The summed E-state index contributed by atoms with van der Waals surface area (Å²) in [6.07, 6.45) is 5.36. The standard InChI is InChI=1S/C8H15N2O/c1-10-6-4-2-3-5-7(10)8(9)11/h5,7H,2-4,6H2,1H3,(H2,9,11). The van der Waals surface area contributed by atoms with E-state index in [9.17, 15) is 4.79 Å². The molecule has 1 unspecified atom stereocenters. The van der Waals surface area contributed by atoms with Gasteiger partial charge in [0.25, 0.3) is 0 Å². The topological polar surface area (TPSA) is 46.3 Å². The van der Waals surface area contributed by atoms with E-state index in [1.165, 1.54) is 6.42 Å². The van der Waals surface area contributed by atoms with Crippen LogP contribution >= 0.6 is 0 Å². The second kappa shape index (κ2) is 3.72. The predicted octanol–water partition coefficient (Wildman–Crippen LogP) is 0.160. The molecule has 11 heavy (non-hydrogen) atoms. The van der Waals surface area contributed by atoms with E-state index in [4.69, 9.17) is 5.73 Å². The van der Waals surface area contributed by atoms with Crippen molar-refractivity contribution in [3.05, 3.63) is 6.42 Å². The average Bonchev–Trinajstić information content (AvgIpc) is 2.13. The highest BCUT2D eigenvalue weighted by Crippen LogP contribution is 2.13. The summed E-state index contributed by atoms with van der Waals surface area (Å²) < 4.78 is 0. The summed E-state index contributed by atoms with van der Waals surface area (Å²) in [5, 5.41) is 0. The fraction of sp³-hybridized carbons (Fsp3) is 0.750. The summed E-state index contributed by atoms with van der Waals surface area (Å²) in [6, 6.07) is -0.141. The van der Waals surface area contributed by atoms with Gasteiger partial charge in [0.1, 0.15) is 0 Å². The highest BCUT2D eigenvalue weighted by Gasteiger charge is 2.21. The van der Waals surface area contributed by atoms with E-state index in [0.717, 1.165) is 19.4 Å². The first-order valence-corrected chi connectivity index (χ1v) is 4.04. The molecular weight excluding hydrogens is 140 g/mol. The Kier molecular flexibility index (Phi) is 2.88. The molecule has 1 atom stereocenters. The molecule has 0 aromatic carbocycles. The quantitative estimate of drug-likeness (QED) is 0.586. The Bertz CT molecular complexity index is 147. The summed E-state index contributed by atoms with van der Waals surface area (Å²) in [7, 11) is 1.94. The minimum atomic E-state index is -0.227. The van der Waals surface area contributed by atoms with Gasteiger partial charge in [-0.1, -0.05) is 6.42 Å². The lowest BCUT2D eigenvalue weighted by atomic mass is 10.1. The molecule has 1 radical (unpaired) electrons. The van der Waals surface area contributed by atoms with Crippen LogP contribution in [0.4, 0.5) is 0 Å². The van der Waals surface area contributed by atoms with Crippen LogP contribution in [-0.4, -0.2) is 30.4 Å². The van der Waals surface area contributed by atoms with Crippen molar-refractivity contribution in [3.8, 4) is 0 Å². The third kappa shape index (κ3) is 2.19. The van der Waals surface area contributed by atoms with Crippen LogP contribution in [0.1, 0.15) is 19.3 Å². The number of nitrogens with two attached hydrogens (primary N) is 1. The summed E-state index contributed by atoms with van der Waals surface area (Å²) >= 11 is 0. The molecule has 0 aliphatic carbocycles. The number of likely N-dealkylation sites (N-methyl/N-ethyl adjacent to an activating group) is 1. The minimum absolute atomic E-state index is 0.141. The molecule has 3 heteroatoms. The predicted molar refractivity (Wildman–Crippen MR) is 43.8 cm³/mol. The number of carbonyl (C=O) groups excluding carboxylic acids is 1.